The second-order valence-electron chi connectivity index (χ2n) is 3.95. The van der Waals surface area contributed by atoms with Crippen molar-refractivity contribution in [2.24, 2.45) is 0 Å². The van der Waals surface area contributed by atoms with E-state index in [1.807, 2.05) is 0 Å². The zero-order valence-electron chi connectivity index (χ0n) is 10.6. The van der Waals surface area contributed by atoms with Gasteiger partial charge >= 0.3 is 0 Å². The number of hydrogen-bond donors (Lipinski definition) is 2. The van der Waals surface area contributed by atoms with Crippen LogP contribution >= 0.6 is 31.9 Å². The molecule has 0 unspecified atom stereocenters. The van der Waals surface area contributed by atoms with Crippen molar-refractivity contribution in [3.05, 3.63) is 33.3 Å². The number of carbonyl (C=O) groups excluding carboxylic acids is 1. The fourth-order valence-corrected chi connectivity index (χ4v) is 2.84. The first kappa shape index (κ1) is 14.9. The minimum Gasteiger partial charge on any atom is -0.495 e. The largest absolute Gasteiger partial charge is 0.495 e. The molecular formula is C12H12Br2N4O2. The molecule has 1 aromatic carbocycles. The topological polar surface area (TPSA) is 82.2 Å². The van der Waals surface area contributed by atoms with Crippen LogP contribution in [0.1, 0.15) is 0 Å². The summed E-state index contributed by atoms with van der Waals surface area (Å²) in [6.45, 7) is 0.0853. The fraction of sp³-hybridized carbons (Fsp3) is 0.167. The lowest BCUT2D eigenvalue weighted by Crippen LogP contribution is -2.19. The molecule has 2 rings (SSSR count). The lowest BCUT2D eigenvalue weighted by molar-refractivity contribution is -0.116. The molecule has 0 spiro atoms. The normalized spacial score (nSPS) is 10.3. The van der Waals surface area contributed by atoms with Crippen LogP contribution in [-0.4, -0.2) is 22.8 Å². The highest BCUT2D eigenvalue weighted by molar-refractivity contribution is 9.11. The molecule has 0 saturated heterocycles. The molecule has 0 fully saturated rings. The first-order chi connectivity index (χ1) is 9.49. The van der Waals surface area contributed by atoms with Crippen LogP contribution in [0.5, 0.6) is 5.75 Å². The molecule has 0 aliphatic carbocycles. The van der Waals surface area contributed by atoms with E-state index in [2.05, 4.69) is 42.3 Å². The zero-order chi connectivity index (χ0) is 14.7. The summed E-state index contributed by atoms with van der Waals surface area (Å²) in [5, 5.41) is 6.73. The van der Waals surface area contributed by atoms with Crippen molar-refractivity contribution in [1.29, 1.82) is 0 Å². The maximum atomic E-state index is 11.9. The lowest BCUT2D eigenvalue weighted by Gasteiger charge is -2.11. The molecule has 1 amide bonds. The number of nitrogens with two attached hydrogens (primary N) is 1. The molecule has 1 heterocycles. The summed E-state index contributed by atoms with van der Waals surface area (Å²) < 4.78 is 8.20. The SMILES string of the molecule is COc1cc(NC(=O)Cn2ccc(N)n2)c(Br)cc1Br. The van der Waals surface area contributed by atoms with Gasteiger partial charge < -0.3 is 15.8 Å². The molecular weight excluding hydrogens is 392 g/mol. The highest BCUT2D eigenvalue weighted by Gasteiger charge is 2.11. The maximum absolute atomic E-state index is 11.9. The summed E-state index contributed by atoms with van der Waals surface area (Å²) in [5.41, 5.74) is 6.11. The highest BCUT2D eigenvalue weighted by atomic mass is 79.9. The van der Waals surface area contributed by atoms with Crippen molar-refractivity contribution in [3.63, 3.8) is 0 Å². The molecule has 0 aliphatic rings. The Balaban J connectivity index is 2.11. The Morgan fingerprint density at radius 1 is 1.45 bits per heavy atom. The van der Waals surface area contributed by atoms with E-state index in [-0.39, 0.29) is 12.5 Å². The monoisotopic (exact) mass is 402 g/mol. The molecule has 3 N–H and O–H groups in total. The molecule has 0 atom stereocenters. The third kappa shape index (κ3) is 3.51. The standard InChI is InChI=1S/C12H12Br2N4O2/c1-20-10-5-9(7(13)4-8(10)14)16-12(19)6-18-3-2-11(15)17-18/h2-5H,6H2,1H3,(H2,15,17)(H,16,19). The van der Waals surface area contributed by atoms with Gasteiger partial charge in [0.1, 0.15) is 18.1 Å². The van der Waals surface area contributed by atoms with E-state index in [0.717, 1.165) is 8.95 Å². The number of nitrogen functional groups attached to an aromatic ring is 1. The maximum Gasteiger partial charge on any atom is 0.246 e. The number of hydrogen-bond acceptors (Lipinski definition) is 4. The van der Waals surface area contributed by atoms with Gasteiger partial charge in [0.2, 0.25) is 5.91 Å². The molecule has 0 aliphatic heterocycles. The number of carbonyl (C=O) groups is 1. The Kier molecular flexibility index (Phi) is 4.66. The number of ether oxygens (including phenoxy) is 1. The van der Waals surface area contributed by atoms with Crippen LogP contribution < -0.4 is 15.8 Å². The summed E-state index contributed by atoms with van der Waals surface area (Å²) >= 11 is 6.75. The number of amides is 1. The first-order valence-electron chi connectivity index (χ1n) is 5.61. The van der Waals surface area contributed by atoms with Gasteiger partial charge in [0.05, 0.1) is 17.3 Å². The number of rotatable bonds is 4. The summed E-state index contributed by atoms with van der Waals surface area (Å²) in [7, 11) is 1.56. The molecule has 2 aromatic rings. The Morgan fingerprint density at radius 2 is 2.20 bits per heavy atom. The lowest BCUT2D eigenvalue weighted by atomic mass is 10.3. The smallest absolute Gasteiger partial charge is 0.246 e. The van der Waals surface area contributed by atoms with Gasteiger partial charge in [0, 0.05) is 16.7 Å². The quantitative estimate of drug-likeness (QED) is 0.821. The molecule has 1 aromatic heterocycles. The number of halogens is 2. The molecule has 0 bridgehead atoms. The Morgan fingerprint density at radius 3 is 2.80 bits per heavy atom. The van der Waals surface area contributed by atoms with E-state index in [9.17, 15) is 4.79 Å². The van der Waals surface area contributed by atoms with Gasteiger partial charge in [-0.3, -0.25) is 9.48 Å². The van der Waals surface area contributed by atoms with Crippen LogP contribution in [0.15, 0.2) is 33.3 Å². The number of anilines is 2. The first-order valence-corrected chi connectivity index (χ1v) is 7.20. The van der Waals surface area contributed by atoms with Crippen molar-refractivity contribution >= 4 is 49.3 Å². The van der Waals surface area contributed by atoms with Crippen LogP contribution in [0.2, 0.25) is 0 Å². The van der Waals surface area contributed by atoms with E-state index in [4.69, 9.17) is 10.5 Å². The summed E-state index contributed by atoms with van der Waals surface area (Å²) in [5.74, 6) is 0.800. The van der Waals surface area contributed by atoms with Gasteiger partial charge in [-0.15, -0.1) is 0 Å². The Hall–Kier alpha value is -1.54. The van der Waals surface area contributed by atoms with Crippen LogP contribution in [0.3, 0.4) is 0 Å². The summed E-state index contributed by atoms with van der Waals surface area (Å²) in [6.07, 6.45) is 1.64. The number of benzene rings is 1. The number of nitrogens with one attached hydrogen (secondary N) is 1. The van der Waals surface area contributed by atoms with Gasteiger partial charge in [-0.2, -0.15) is 5.10 Å². The molecule has 20 heavy (non-hydrogen) atoms. The molecule has 0 saturated carbocycles. The third-order valence-corrected chi connectivity index (χ3v) is 3.76. The minimum atomic E-state index is -0.210. The van der Waals surface area contributed by atoms with E-state index in [1.54, 1.807) is 31.5 Å². The predicted molar refractivity (Wildman–Crippen MR) is 83.7 cm³/mol. The summed E-state index contributed by atoms with van der Waals surface area (Å²) in [6, 6.07) is 5.16. The average Bonchev–Trinajstić information content (AvgIpc) is 2.78. The third-order valence-electron chi connectivity index (χ3n) is 2.48. The summed E-state index contributed by atoms with van der Waals surface area (Å²) in [4.78, 5) is 11.9. The number of nitrogens with zero attached hydrogens (tertiary/aromatic N) is 2. The van der Waals surface area contributed by atoms with Crippen molar-refractivity contribution in [2.45, 2.75) is 6.54 Å². The number of methoxy groups -OCH3 is 1. The van der Waals surface area contributed by atoms with Gasteiger partial charge in [-0.05, 0) is 44.0 Å². The molecule has 6 nitrogen and oxygen atoms in total. The average molecular weight is 404 g/mol. The van der Waals surface area contributed by atoms with Crippen molar-refractivity contribution in [2.75, 3.05) is 18.2 Å². The second kappa shape index (κ2) is 6.27. The van der Waals surface area contributed by atoms with Crippen LogP contribution in [0.25, 0.3) is 0 Å². The van der Waals surface area contributed by atoms with Gasteiger partial charge in [-0.1, -0.05) is 0 Å². The van der Waals surface area contributed by atoms with Gasteiger partial charge in [-0.25, -0.2) is 0 Å². The van der Waals surface area contributed by atoms with Crippen molar-refractivity contribution in [3.8, 4) is 5.75 Å². The Labute approximate surface area is 132 Å². The second-order valence-corrected chi connectivity index (χ2v) is 5.66. The van der Waals surface area contributed by atoms with Crippen LogP contribution in [0, 0.1) is 0 Å². The molecule has 0 radical (unpaired) electrons. The molecule has 8 heteroatoms. The Bertz CT molecular complexity index is 642. The minimum absolute atomic E-state index is 0.0853. The van der Waals surface area contributed by atoms with E-state index in [0.29, 0.717) is 17.3 Å². The van der Waals surface area contributed by atoms with Gasteiger partial charge in [0.15, 0.2) is 0 Å². The van der Waals surface area contributed by atoms with E-state index < -0.39 is 0 Å². The molecule has 106 valence electrons. The predicted octanol–water partition coefficient (Wildman–Crippen LogP) is 2.64. The van der Waals surface area contributed by atoms with Crippen LogP contribution in [0.4, 0.5) is 11.5 Å². The zero-order valence-corrected chi connectivity index (χ0v) is 13.7. The van der Waals surface area contributed by atoms with E-state index >= 15 is 0 Å². The number of aromatic nitrogens is 2. The fourth-order valence-electron chi connectivity index (χ4n) is 1.58. The van der Waals surface area contributed by atoms with Crippen molar-refractivity contribution < 1.29 is 9.53 Å². The highest BCUT2D eigenvalue weighted by Crippen LogP contribution is 2.34. The van der Waals surface area contributed by atoms with Crippen molar-refractivity contribution in [1.82, 2.24) is 9.78 Å². The van der Waals surface area contributed by atoms with Gasteiger partial charge in [0.25, 0.3) is 0 Å². The van der Waals surface area contributed by atoms with E-state index in [1.165, 1.54) is 4.68 Å². The van der Waals surface area contributed by atoms with Crippen LogP contribution in [-0.2, 0) is 11.3 Å².